The average molecular weight is 313 g/mol. The quantitative estimate of drug-likeness (QED) is 0.746. The summed E-state index contributed by atoms with van der Waals surface area (Å²) < 4.78 is 10.2. The highest BCUT2D eigenvalue weighted by Gasteiger charge is 2.16. The Morgan fingerprint density at radius 1 is 1.41 bits per heavy atom. The van der Waals surface area contributed by atoms with Crippen molar-refractivity contribution >= 4 is 17.5 Å². The van der Waals surface area contributed by atoms with Gasteiger partial charge in [0.15, 0.2) is 5.82 Å². The normalized spacial score (nSPS) is 14.7. The maximum Gasteiger partial charge on any atom is 0.414 e. The lowest BCUT2D eigenvalue weighted by molar-refractivity contribution is -0.159. The molecular weight excluding hydrogens is 294 g/mol. The van der Waals surface area contributed by atoms with Crippen molar-refractivity contribution in [3.8, 4) is 0 Å². The molecule has 22 heavy (non-hydrogen) atoms. The fourth-order valence-electron chi connectivity index (χ4n) is 1.73. The van der Waals surface area contributed by atoms with Gasteiger partial charge in [0.1, 0.15) is 0 Å². The number of hydrogen-bond acceptors (Lipinski definition) is 7. The van der Waals surface area contributed by atoms with Crippen molar-refractivity contribution in [2.75, 3.05) is 33.9 Å². The van der Waals surface area contributed by atoms with Gasteiger partial charge in [-0.05, 0) is 13.5 Å². The van der Waals surface area contributed by atoms with Gasteiger partial charge in [0.05, 0.1) is 6.61 Å². The van der Waals surface area contributed by atoms with Crippen molar-refractivity contribution in [1.82, 2.24) is 15.0 Å². The Bertz CT molecular complexity index is 528. The van der Waals surface area contributed by atoms with E-state index < -0.39 is 11.9 Å². The van der Waals surface area contributed by atoms with Crippen molar-refractivity contribution in [2.24, 2.45) is 0 Å². The molecule has 0 aromatic carbocycles. The molecule has 0 amide bonds. The molecule has 1 aromatic heterocycles. The zero-order valence-corrected chi connectivity index (χ0v) is 12.5. The van der Waals surface area contributed by atoms with E-state index in [1.165, 1.54) is 0 Å². The van der Waals surface area contributed by atoms with E-state index >= 15 is 0 Å². The summed E-state index contributed by atoms with van der Waals surface area (Å²) in [5.74, 6) is -2.28. The van der Waals surface area contributed by atoms with Crippen molar-refractivity contribution in [2.45, 2.75) is 12.8 Å². The van der Waals surface area contributed by atoms with Crippen molar-refractivity contribution in [1.29, 1.82) is 0 Å². The molecule has 0 unspecified atom stereocenters. The van der Waals surface area contributed by atoms with Crippen molar-refractivity contribution in [3.05, 3.63) is 17.8 Å². The molecule has 1 aliphatic rings. The summed E-state index contributed by atoms with van der Waals surface area (Å²) in [6.45, 7) is 2.60. The lowest BCUT2D eigenvalue weighted by Crippen LogP contribution is -2.25. The van der Waals surface area contributed by atoms with E-state index in [0.717, 1.165) is 25.1 Å². The number of likely N-dealkylation sites (N-methyl/N-ethyl adjacent to an activating group) is 1. The van der Waals surface area contributed by atoms with Crippen molar-refractivity contribution < 1.29 is 29.1 Å². The van der Waals surface area contributed by atoms with Gasteiger partial charge in [0.2, 0.25) is 0 Å². The minimum Gasteiger partial charge on any atom is -0.473 e. The highest BCUT2D eigenvalue weighted by molar-refractivity contribution is 6.27. The van der Waals surface area contributed by atoms with Crippen LogP contribution in [0.15, 0.2) is 10.6 Å². The Labute approximate surface area is 127 Å². The fourth-order valence-corrected chi connectivity index (χ4v) is 1.73. The van der Waals surface area contributed by atoms with Crippen LogP contribution in [0.25, 0.3) is 5.57 Å². The predicted molar refractivity (Wildman–Crippen MR) is 75.2 cm³/mol. The molecule has 9 heteroatoms. The second-order valence-electron chi connectivity index (χ2n) is 4.62. The number of aliphatic carboxylic acids is 2. The third kappa shape index (κ3) is 6.02. The topological polar surface area (TPSA) is 126 Å². The number of carbonyl (C=O) groups is 2. The summed E-state index contributed by atoms with van der Waals surface area (Å²) in [7, 11) is 3.76. The van der Waals surface area contributed by atoms with E-state index in [4.69, 9.17) is 29.1 Å². The van der Waals surface area contributed by atoms with Crippen LogP contribution in [0.3, 0.4) is 0 Å². The highest BCUT2D eigenvalue weighted by atomic mass is 16.5. The lowest BCUT2D eigenvalue weighted by atomic mass is 10.1. The fraction of sp³-hybridized carbons (Fsp3) is 0.538. The third-order valence-corrected chi connectivity index (χ3v) is 2.80. The Morgan fingerprint density at radius 3 is 2.64 bits per heavy atom. The summed E-state index contributed by atoms with van der Waals surface area (Å²) in [4.78, 5) is 24.8. The number of carboxylic acid groups (broad SMARTS) is 2. The first kappa shape index (κ1) is 17.8. The second kappa shape index (κ2) is 8.90. The molecule has 0 aliphatic carbocycles. The van der Waals surface area contributed by atoms with Gasteiger partial charge >= 0.3 is 11.9 Å². The summed E-state index contributed by atoms with van der Waals surface area (Å²) in [6.07, 6.45) is 3.92. The van der Waals surface area contributed by atoms with Crippen LogP contribution in [0.2, 0.25) is 0 Å². The second-order valence-corrected chi connectivity index (χ2v) is 4.62. The molecule has 0 radical (unpaired) electrons. The highest BCUT2D eigenvalue weighted by Crippen LogP contribution is 2.18. The van der Waals surface area contributed by atoms with E-state index in [1.807, 2.05) is 0 Å². The number of aromatic nitrogens is 2. The van der Waals surface area contributed by atoms with Crippen LogP contribution in [-0.4, -0.2) is 71.0 Å². The first-order valence-corrected chi connectivity index (χ1v) is 6.59. The average Bonchev–Trinajstić information content (AvgIpc) is 2.94. The largest absolute Gasteiger partial charge is 0.473 e. The summed E-state index contributed by atoms with van der Waals surface area (Å²) in [5.41, 5.74) is 1.13. The van der Waals surface area contributed by atoms with E-state index in [1.54, 1.807) is 7.11 Å². The van der Waals surface area contributed by atoms with Gasteiger partial charge in [-0.25, -0.2) is 9.59 Å². The molecule has 1 aromatic rings. The number of hydrogen-bond donors (Lipinski definition) is 2. The maximum absolute atomic E-state index is 9.10. The standard InChI is InChI=1S/C11H17N3O2.C2H2O4/c1-14-6-3-4-9(8-14)11-12-10(13-16-11)5-7-15-2;3-1(4)2(5)6/h4H,3,5-8H2,1-2H3;(H,3,4)(H,5,6). The number of ether oxygens (including phenoxy) is 1. The Morgan fingerprint density at radius 2 is 2.09 bits per heavy atom. The zero-order chi connectivity index (χ0) is 16.5. The maximum atomic E-state index is 9.10. The van der Waals surface area contributed by atoms with Gasteiger partial charge in [-0.3, -0.25) is 0 Å². The minimum absolute atomic E-state index is 0.623. The van der Waals surface area contributed by atoms with Crippen LogP contribution in [0, 0.1) is 0 Å². The van der Waals surface area contributed by atoms with Crippen LogP contribution in [0.4, 0.5) is 0 Å². The molecule has 0 fully saturated rings. The van der Waals surface area contributed by atoms with Gasteiger partial charge in [-0.15, -0.1) is 0 Å². The van der Waals surface area contributed by atoms with E-state index in [0.29, 0.717) is 24.7 Å². The number of methoxy groups -OCH3 is 1. The van der Waals surface area contributed by atoms with Gasteiger partial charge in [0, 0.05) is 32.2 Å². The molecule has 0 atom stereocenters. The van der Waals surface area contributed by atoms with E-state index in [2.05, 4.69) is 28.2 Å². The summed E-state index contributed by atoms with van der Waals surface area (Å²) in [6, 6.07) is 0. The summed E-state index contributed by atoms with van der Waals surface area (Å²) in [5, 5.41) is 18.7. The van der Waals surface area contributed by atoms with Gasteiger partial charge in [0.25, 0.3) is 5.89 Å². The number of rotatable bonds is 4. The third-order valence-electron chi connectivity index (χ3n) is 2.80. The SMILES string of the molecule is COCCc1noc(C2=CCCN(C)C2)n1.O=C(O)C(=O)O. The molecule has 2 rings (SSSR count). The monoisotopic (exact) mass is 313 g/mol. The van der Waals surface area contributed by atoms with Gasteiger partial charge < -0.3 is 24.4 Å². The van der Waals surface area contributed by atoms with Crippen LogP contribution >= 0.6 is 0 Å². The molecule has 0 saturated heterocycles. The van der Waals surface area contributed by atoms with Gasteiger partial charge in [-0.1, -0.05) is 11.2 Å². The first-order valence-electron chi connectivity index (χ1n) is 6.59. The zero-order valence-electron chi connectivity index (χ0n) is 12.5. The molecule has 0 spiro atoms. The van der Waals surface area contributed by atoms with E-state index in [9.17, 15) is 0 Å². The van der Waals surface area contributed by atoms with Crippen LogP contribution in [0.1, 0.15) is 18.1 Å². The number of nitrogens with zero attached hydrogens (tertiary/aromatic N) is 3. The Kier molecular flexibility index (Phi) is 7.20. The van der Waals surface area contributed by atoms with Crippen molar-refractivity contribution in [3.63, 3.8) is 0 Å². The predicted octanol–water partition coefficient (Wildman–Crippen LogP) is 0.133. The molecule has 122 valence electrons. The smallest absolute Gasteiger partial charge is 0.414 e. The molecule has 0 bridgehead atoms. The molecule has 1 aliphatic heterocycles. The van der Waals surface area contributed by atoms with Crippen LogP contribution < -0.4 is 0 Å². The first-order chi connectivity index (χ1) is 10.4. The molecule has 2 N–H and O–H groups in total. The summed E-state index contributed by atoms with van der Waals surface area (Å²) >= 11 is 0. The lowest BCUT2D eigenvalue weighted by Gasteiger charge is -2.20. The van der Waals surface area contributed by atoms with E-state index in [-0.39, 0.29) is 0 Å². The van der Waals surface area contributed by atoms with Crippen LogP contribution in [-0.2, 0) is 20.7 Å². The molecular formula is C13H19N3O6. The molecule has 9 nitrogen and oxygen atoms in total. The molecule has 0 saturated carbocycles. The van der Waals surface area contributed by atoms with Crippen LogP contribution in [0.5, 0.6) is 0 Å². The molecule has 2 heterocycles. The Balaban J connectivity index is 0.000000346. The Hall–Kier alpha value is -2.26. The van der Waals surface area contributed by atoms with Gasteiger partial charge in [-0.2, -0.15) is 4.98 Å². The number of carboxylic acids is 2. The minimum atomic E-state index is -1.82.